The van der Waals surface area contributed by atoms with Gasteiger partial charge in [0, 0.05) is 7.05 Å². The summed E-state index contributed by atoms with van der Waals surface area (Å²) in [6, 6.07) is 5.54. The number of anilines is 1. The summed E-state index contributed by atoms with van der Waals surface area (Å²) in [6.07, 6.45) is 0. The lowest BCUT2D eigenvalue weighted by molar-refractivity contribution is 1.34. The SMILES string of the molecule is CN=C(N)/N=C(\N)Nc1c(C)cccc1Cl. The van der Waals surface area contributed by atoms with Crippen molar-refractivity contribution in [3.63, 3.8) is 0 Å². The number of aliphatic imine (C=N–C) groups is 2. The lowest BCUT2D eigenvalue weighted by atomic mass is 10.2. The minimum Gasteiger partial charge on any atom is -0.369 e. The van der Waals surface area contributed by atoms with Crippen molar-refractivity contribution >= 4 is 29.2 Å². The molecule has 5 N–H and O–H groups in total. The lowest BCUT2D eigenvalue weighted by Crippen LogP contribution is -2.26. The number of nitrogens with two attached hydrogens (primary N) is 2. The Kier molecular flexibility index (Phi) is 4.13. The topological polar surface area (TPSA) is 88.8 Å². The molecule has 0 amide bonds. The number of para-hydroxylation sites is 1. The lowest BCUT2D eigenvalue weighted by Gasteiger charge is -2.10. The largest absolute Gasteiger partial charge is 0.369 e. The molecule has 6 heteroatoms. The number of benzene rings is 1. The molecule has 0 saturated carbocycles. The van der Waals surface area contributed by atoms with E-state index in [1.165, 1.54) is 7.05 Å². The van der Waals surface area contributed by atoms with Gasteiger partial charge < -0.3 is 16.8 Å². The fraction of sp³-hybridized carbons (Fsp3) is 0.200. The van der Waals surface area contributed by atoms with E-state index in [2.05, 4.69) is 15.3 Å². The minimum atomic E-state index is 0.106. The van der Waals surface area contributed by atoms with Crippen LogP contribution in [0.5, 0.6) is 0 Å². The molecule has 0 aliphatic rings. The van der Waals surface area contributed by atoms with E-state index in [9.17, 15) is 0 Å². The first-order chi connectivity index (χ1) is 7.54. The van der Waals surface area contributed by atoms with Crippen LogP contribution in [0, 0.1) is 6.92 Å². The van der Waals surface area contributed by atoms with Crippen LogP contribution in [0.15, 0.2) is 28.2 Å². The summed E-state index contributed by atoms with van der Waals surface area (Å²) in [5.74, 6) is 0.258. The fourth-order valence-corrected chi connectivity index (χ4v) is 1.39. The van der Waals surface area contributed by atoms with E-state index < -0.39 is 0 Å². The third-order valence-electron chi connectivity index (χ3n) is 1.94. The van der Waals surface area contributed by atoms with E-state index in [0.717, 1.165) is 5.56 Å². The maximum atomic E-state index is 6.01. The van der Waals surface area contributed by atoms with Crippen LogP contribution in [0.1, 0.15) is 5.56 Å². The molecule has 86 valence electrons. The second-order valence-corrected chi connectivity index (χ2v) is 3.54. The highest BCUT2D eigenvalue weighted by atomic mass is 35.5. The van der Waals surface area contributed by atoms with E-state index in [-0.39, 0.29) is 11.9 Å². The molecule has 0 radical (unpaired) electrons. The third-order valence-corrected chi connectivity index (χ3v) is 2.25. The highest BCUT2D eigenvalue weighted by Gasteiger charge is 2.04. The van der Waals surface area contributed by atoms with Crippen molar-refractivity contribution < 1.29 is 0 Å². The van der Waals surface area contributed by atoms with E-state index >= 15 is 0 Å². The predicted octanol–water partition coefficient (Wildman–Crippen LogP) is 1.32. The Bertz CT molecular complexity index is 419. The predicted molar refractivity (Wildman–Crippen MR) is 69.0 cm³/mol. The Morgan fingerprint density at radius 2 is 2.06 bits per heavy atom. The van der Waals surface area contributed by atoms with E-state index in [1.807, 2.05) is 19.1 Å². The van der Waals surface area contributed by atoms with Gasteiger partial charge in [-0.3, -0.25) is 4.99 Å². The van der Waals surface area contributed by atoms with Gasteiger partial charge in [0.05, 0.1) is 10.7 Å². The summed E-state index contributed by atoms with van der Waals surface area (Å²) in [6.45, 7) is 1.92. The number of nitrogens with one attached hydrogen (secondary N) is 1. The van der Waals surface area contributed by atoms with Crippen LogP contribution in [0.3, 0.4) is 0 Å². The minimum absolute atomic E-state index is 0.106. The zero-order valence-electron chi connectivity index (χ0n) is 9.16. The van der Waals surface area contributed by atoms with Gasteiger partial charge in [-0.2, -0.15) is 4.99 Å². The molecule has 1 aromatic rings. The number of hydrogen-bond donors (Lipinski definition) is 3. The fourth-order valence-electron chi connectivity index (χ4n) is 1.12. The number of hydrogen-bond acceptors (Lipinski definition) is 1. The van der Waals surface area contributed by atoms with Crippen molar-refractivity contribution in [1.29, 1.82) is 0 Å². The Hall–Kier alpha value is -1.75. The molecule has 0 saturated heterocycles. The summed E-state index contributed by atoms with van der Waals surface area (Å²) in [4.78, 5) is 7.49. The van der Waals surface area contributed by atoms with Crippen molar-refractivity contribution in [3.05, 3.63) is 28.8 Å². The van der Waals surface area contributed by atoms with Gasteiger partial charge in [-0.1, -0.05) is 23.7 Å². The van der Waals surface area contributed by atoms with Gasteiger partial charge in [0.25, 0.3) is 0 Å². The summed E-state index contributed by atoms with van der Waals surface area (Å²) in [7, 11) is 1.53. The first-order valence-corrected chi connectivity index (χ1v) is 5.01. The van der Waals surface area contributed by atoms with Crippen molar-refractivity contribution in [1.82, 2.24) is 0 Å². The monoisotopic (exact) mass is 239 g/mol. The number of guanidine groups is 2. The van der Waals surface area contributed by atoms with Gasteiger partial charge in [-0.15, -0.1) is 0 Å². The standard InChI is InChI=1S/C10H14ClN5/c1-6-4-3-5-7(11)8(6)15-10(13)16-9(12)14-2/h3-5H,1-2H3,(H5,12,13,14,15,16). The molecular formula is C10H14ClN5. The molecule has 1 rings (SSSR count). The van der Waals surface area contributed by atoms with Crippen LogP contribution >= 0.6 is 11.6 Å². The van der Waals surface area contributed by atoms with E-state index in [0.29, 0.717) is 10.7 Å². The molecule has 0 fully saturated rings. The summed E-state index contributed by atoms with van der Waals surface area (Å²) in [5.41, 5.74) is 12.7. The Morgan fingerprint density at radius 3 is 2.62 bits per heavy atom. The second-order valence-electron chi connectivity index (χ2n) is 3.14. The van der Waals surface area contributed by atoms with Gasteiger partial charge in [-0.05, 0) is 18.6 Å². The van der Waals surface area contributed by atoms with Crippen LogP contribution in [-0.2, 0) is 0 Å². The Labute approximate surface area is 99.2 Å². The molecule has 0 aromatic heterocycles. The van der Waals surface area contributed by atoms with Crippen LogP contribution < -0.4 is 16.8 Å². The molecule has 0 heterocycles. The Morgan fingerprint density at radius 1 is 1.38 bits per heavy atom. The first-order valence-electron chi connectivity index (χ1n) is 4.63. The summed E-state index contributed by atoms with van der Waals surface area (Å²) in [5, 5.41) is 3.45. The zero-order chi connectivity index (χ0) is 12.1. The number of aryl methyl sites for hydroxylation is 1. The van der Waals surface area contributed by atoms with Gasteiger partial charge in [-0.25, -0.2) is 0 Å². The van der Waals surface area contributed by atoms with Gasteiger partial charge in [0.2, 0.25) is 11.9 Å². The van der Waals surface area contributed by atoms with Crippen LogP contribution in [0.4, 0.5) is 5.69 Å². The molecule has 16 heavy (non-hydrogen) atoms. The third kappa shape index (κ3) is 3.13. The van der Waals surface area contributed by atoms with E-state index in [1.54, 1.807) is 6.07 Å². The first kappa shape index (κ1) is 12.3. The summed E-state index contributed by atoms with van der Waals surface area (Å²) >= 11 is 6.01. The van der Waals surface area contributed by atoms with Crippen LogP contribution in [0.2, 0.25) is 5.02 Å². The second kappa shape index (κ2) is 5.37. The molecule has 0 spiro atoms. The quantitative estimate of drug-likeness (QED) is 0.510. The normalized spacial score (nSPS) is 12.7. The average Bonchev–Trinajstić information content (AvgIpc) is 2.23. The van der Waals surface area contributed by atoms with Gasteiger partial charge in [0.15, 0.2) is 0 Å². The van der Waals surface area contributed by atoms with Gasteiger partial charge >= 0.3 is 0 Å². The molecule has 0 unspecified atom stereocenters. The van der Waals surface area contributed by atoms with Gasteiger partial charge in [0.1, 0.15) is 0 Å². The molecule has 0 atom stereocenters. The number of nitrogens with zero attached hydrogens (tertiary/aromatic N) is 2. The average molecular weight is 240 g/mol. The maximum Gasteiger partial charge on any atom is 0.218 e. The van der Waals surface area contributed by atoms with Crippen LogP contribution in [0.25, 0.3) is 0 Å². The summed E-state index contributed by atoms with van der Waals surface area (Å²) < 4.78 is 0. The molecular weight excluding hydrogens is 226 g/mol. The number of rotatable bonds is 1. The molecule has 0 bridgehead atoms. The van der Waals surface area contributed by atoms with Crippen molar-refractivity contribution in [2.45, 2.75) is 6.92 Å². The maximum absolute atomic E-state index is 6.01. The number of halogens is 1. The Balaban J connectivity index is 2.93. The smallest absolute Gasteiger partial charge is 0.218 e. The highest BCUT2D eigenvalue weighted by molar-refractivity contribution is 6.34. The van der Waals surface area contributed by atoms with Crippen molar-refractivity contribution in [2.75, 3.05) is 12.4 Å². The molecule has 0 aliphatic carbocycles. The molecule has 0 aliphatic heterocycles. The van der Waals surface area contributed by atoms with Crippen molar-refractivity contribution in [3.8, 4) is 0 Å². The highest BCUT2D eigenvalue weighted by Crippen LogP contribution is 2.24. The zero-order valence-corrected chi connectivity index (χ0v) is 9.92. The van der Waals surface area contributed by atoms with E-state index in [4.69, 9.17) is 23.1 Å². The molecule has 5 nitrogen and oxygen atoms in total. The van der Waals surface area contributed by atoms with Crippen molar-refractivity contribution in [2.24, 2.45) is 21.5 Å². The molecule has 1 aromatic carbocycles. The van der Waals surface area contributed by atoms with Crippen LogP contribution in [-0.4, -0.2) is 19.0 Å².